The van der Waals surface area contributed by atoms with Crippen molar-refractivity contribution >= 4 is 11.8 Å². The number of nitrogens with zero attached hydrogens (tertiary/aromatic N) is 1. The monoisotopic (exact) mass is 601 g/mol. The summed E-state index contributed by atoms with van der Waals surface area (Å²) in [6.07, 6.45) is -0.193. The summed E-state index contributed by atoms with van der Waals surface area (Å²) in [6.45, 7) is 0.250. The van der Waals surface area contributed by atoms with Gasteiger partial charge in [0, 0.05) is 37.1 Å². The van der Waals surface area contributed by atoms with E-state index in [4.69, 9.17) is 24.3 Å². The summed E-state index contributed by atoms with van der Waals surface area (Å²) in [7, 11) is 1.56. The molecule has 8 nitrogen and oxygen atoms in total. The van der Waals surface area contributed by atoms with Crippen LogP contribution in [0.2, 0.25) is 0 Å². The van der Waals surface area contributed by atoms with Crippen LogP contribution in [0.25, 0.3) is 0 Å². The molecule has 1 amide bonds. The highest BCUT2D eigenvalue weighted by atomic mass is 19.1. The topological polar surface area (TPSA) is 101 Å². The van der Waals surface area contributed by atoms with E-state index in [1.807, 2.05) is 42.5 Å². The van der Waals surface area contributed by atoms with Crippen LogP contribution in [0.3, 0.4) is 0 Å². The third-order valence-corrected chi connectivity index (χ3v) is 7.23. The highest BCUT2D eigenvalue weighted by Gasteiger charge is 2.53. The number of benzene rings is 4. The van der Waals surface area contributed by atoms with E-state index in [1.165, 1.54) is 0 Å². The minimum Gasteiger partial charge on any atom is -0.497 e. The van der Waals surface area contributed by atoms with E-state index in [1.54, 1.807) is 43.5 Å². The second-order valence-electron chi connectivity index (χ2n) is 10.3. The van der Waals surface area contributed by atoms with E-state index in [2.05, 4.69) is 10.9 Å². The Bertz CT molecular complexity index is 1600. The molecule has 0 bridgehead atoms. The maximum Gasteiger partial charge on any atom is 0.266 e. The Kier molecular flexibility index (Phi) is 9.83. The highest BCUT2D eigenvalue weighted by Crippen LogP contribution is 2.43. The average Bonchev–Trinajstić information content (AvgIpc) is 3.44. The fraction of sp³-hybridized carbons (Fsp3) is 0.235. The smallest absolute Gasteiger partial charge is 0.266 e. The van der Waals surface area contributed by atoms with Gasteiger partial charge in [0.05, 0.1) is 13.7 Å². The molecule has 0 saturated carbocycles. The van der Waals surface area contributed by atoms with Gasteiger partial charge in [-0.2, -0.15) is 0 Å². The number of ether oxygens (including phenoxy) is 3. The Balaban J connectivity index is 1.52. The molecule has 0 aromatic heterocycles. The van der Waals surface area contributed by atoms with Crippen LogP contribution in [0, 0.1) is 11.6 Å². The predicted octanol–water partition coefficient (Wildman–Crippen LogP) is 5.06. The first kappa shape index (κ1) is 30.7. The van der Waals surface area contributed by atoms with Crippen molar-refractivity contribution in [1.29, 1.82) is 0 Å². The van der Waals surface area contributed by atoms with Crippen LogP contribution in [0.1, 0.15) is 34.8 Å². The zero-order valence-corrected chi connectivity index (χ0v) is 24.1. The molecule has 1 aliphatic rings. The van der Waals surface area contributed by atoms with Gasteiger partial charge in [-0.1, -0.05) is 42.5 Å². The normalized spacial score (nSPS) is 17.5. The maximum absolute atomic E-state index is 14.3. The highest BCUT2D eigenvalue weighted by molar-refractivity contribution is 6.01. The van der Waals surface area contributed by atoms with Gasteiger partial charge < -0.3 is 19.3 Å². The molecule has 0 saturated heterocycles. The van der Waals surface area contributed by atoms with Crippen molar-refractivity contribution in [2.45, 2.75) is 31.0 Å². The first-order valence-corrected chi connectivity index (χ1v) is 14.2. The summed E-state index contributed by atoms with van der Waals surface area (Å²) in [5, 5.41) is 9.03. The second-order valence-corrected chi connectivity index (χ2v) is 10.3. The number of amides is 1. The molecule has 10 heteroatoms. The van der Waals surface area contributed by atoms with Crippen molar-refractivity contribution in [3.63, 3.8) is 0 Å². The number of methoxy groups -OCH3 is 1. The number of hydrogen-bond acceptors (Lipinski definition) is 7. The second kappa shape index (κ2) is 14.1. The Morgan fingerprint density at radius 3 is 2.52 bits per heavy atom. The molecule has 1 heterocycles. The van der Waals surface area contributed by atoms with E-state index < -0.39 is 29.2 Å². The number of aliphatic hydroxyl groups excluding tert-OH is 1. The zero-order chi connectivity index (χ0) is 30.9. The van der Waals surface area contributed by atoms with Crippen LogP contribution in [0.5, 0.6) is 11.5 Å². The Morgan fingerprint density at radius 1 is 0.977 bits per heavy atom. The number of halogens is 2. The number of rotatable bonds is 13. The van der Waals surface area contributed by atoms with Gasteiger partial charge in [0.1, 0.15) is 23.1 Å². The van der Waals surface area contributed by atoms with Crippen LogP contribution in [-0.4, -0.2) is 42.8 Å². The molecule has 44 heavy (non-hydrogen) atoms. The number of aliphatic imine (C=N–C) groups is 1. The lowest BCUT2D eigenvalue weighted by molar-refractivity contribution is -0.130. The fourth-order valence-corrected chi connectivity index (χ4v) is 5.00. The quantitative estimate of drug-likeness (QED) is 0.146. The van der Waals surface area contributed by atoms with Gasteiger partial charge in [-0.05, 0) is 65.7 Å². The summed E-state index contributed by atoms with van der Waals surface area (Å²) in [4.78, 5) is 19.2. The summed E-state index contributed by atoms with van der Waals surface area (Å²) >= 11 is 0. The molecule has 0 fully saturated rings. The molecule has 1 aliphatic heterocycles. The summed E-state index contributed by atoms with van der Waals surface area (Å²) in [5.41, 5.74) is 6.11. The number of aliphatic hydroxyl groups is 1. The van der Waals surface area contributed by atoms with Crippen LogP contribution >= 0.6 is 0 Å². The zero-order valence-electron chi connectivity index (χ0n) is 24.1. The predicted molar refractivity (Wildman–Crippen MR) is 161 cm³/mol. The largest absolute Gasteiger partial charge is 0.497 e. The van der Waals surface area contributed by atoms with Gasteiger partial charge in [-0.15, -0.1) is 0 Å². The molecule has 5 rings (SSSR count). The van der Waals surface area contributed by atoms with Gasteiger partial charge in [-0.25, -0.2) is 19.2 Å². The van der Waals surface area contributed by atoms with Gasteiger partial charge in [0.2, 0.25) is 5.90 Å². The van der Waals surface area contributed by atoms with Gasteiger partial charge in [0.25, 0.3) is 5.91 Å². The summed E-state index contributed by atoms with van der Waals surface area (Å²) in [5.74, 6) is -0.261. The standard InChI is InChI=1S/C34H33F2N3O5/c1-42-29-10-5-9-25(20-29)31-34(21-23-7-3-2-4-8-23,33(41)39-37-22-26-19-27(35)13-16-30(26)36)38-32(44-31)24-11-14-28(15-12-24)43-18-6-17-40/h2-5,7-16,19-20,31,37,40H,6,17-18,21-22H2,1H3,(H,39,41)/t31-,34-/m0/s1. The number of carbonyl (C=O) groups excluding carboxylic acids is 1. The van der Waals surface area contributed by atoms with E-state index >= 15 is 0 Å². The van der Waals surface area contributed by atoms with Crippen LogP contribution in [0.4, 0.5) is 8.78 Å². The number of carbonyl (C=O) groups is 1. The number of nitrogens with one attached hydrogen (secondary N) is 2. The van der Waals surface area contributed by atoms with Gasteiger partial charge >= 0.3 is 0 Å². The first-order valence-electron chi connectivity index (χ1n) is 14.2. The minimum absolute atomic E-state index is 0.0337. The first-order chi connectivity index (χ1) is 21.4. The Hall–Kier alpha value is -4.80. The minimum atomic E-state index is -1.51. The van der Waals surface area contributed by atoms with Gasteiger partial charge in [0.15, 0.2) is 11.6 Å². The Morgan fingerprint density at radius 2 is 1.77 bits per heavy atom. The van der Waals surface area contributed by atoms with E-state index in [-0.39, 0.29) is 31.0 Å². The lowest BCUT2D eigenvalue weighted by atomic mass is 9.82. The molecule has 228 valence electrons. The number of hydrazine groups is 1. The van der Waals surface area contributed by atoms with E-state index in [0.717, 1.165) is 23.8 Å². The molecule has 0 aliphatic carbocycles. The van der Waals surface area contributed by atoms with Crippen LogP contribution in [-0.2, 0) is 22.5 Å². The molecule has 4 aromatic carbocycles. The van der Waals surface area contributed by atoms with Crippen molar-refractivity contribution in [3.05, 3.63) is 131 Å². The van der Waals surface area contributed by atoms with Crippen molar-refractivity contribution in [2.24, 2.45) is 4.99 Å². The summed E-state index contributed by atoms with van der Waals surface area (Å²) < 4.78 is 45.6. The molecule has 3 N–H and O–H groups in total. The number of hydrogen-bond donors (Lipinski definition) is 3. The average molecular weight is 602 g/mol. The SMILES string of the molecule is COc1cccc([C@@H]2OC(c3ccc(OCCCO)cc3)=N[C@]2(Cc2ccccc2)C(=O)NNCc2cc(F)ccc2F)c1. The molecular formula is C34H33F2N3O5. The van der Waals surface area contributed by atoms with Crippen LogP contribution in [0.15, 0.2) is 102 Å². The summed E-state index contributed by atoms with van der Waals surface area (Å²) in [6, 6.07) is 26.9. The van der Waals surface area contributed by atoms with Crippen molar-refractivity contribution in [3.8, 4) is 11.5 Å². The molecule has 2 atom stereocenters. The molecule has 0 unspecified atom stereocenters. The third-order valence-electron chi connectivity index (χ3n) is 7.23. The van der Waals surface area contributed by atoms with E-state index in [0.29, 0.717) is 35.7 Å². The van der Waals surface area contributed by atoms with Crippen molar-refractivity contribution in [2.75, 3.05) is 20.3 Å². The molecule has 0 radical (unpaired) electrons. The molecule has 0 spiro atoms. The lowest BCUT2D eigenvalue weighted by Gasteiger charge is -2.31. The van der Waals surface area contributed by atoms with Crippen molar-refractivity contribution < 1.29 is 32.9 Å². The van der Waals surface area contributed by atoms with E-state index in [9.17, 15) is 13.6 Å². The lowest BCUT2D eigenvalue weighted by Crippen LogP contribution is -2.53. The fourth-order valence-electron chi connectivity index (χ4n) is 5.00. The van der Waals surface area contributed by atoms with Gasteiger partial charge in [-0.3, -0.25) is 10.2 Å². The van der Waals surface area contributed by atoms with Crippen LogP contribution < -0.4 is 20.3 Å². The molecule has 4 aromatic rings. The molecular weight excluding hydrogens is 568 g/mol. The maximum atomic E-state index is 14.3. The van der Waals surface area contributed by atoms with Crippen molar-refractivity contribution in [1.82, 2.24) is 10.9 Å². The third kappa shape index (κ3) is 7.04. The Labute approximate surface area is 254 Å².